The summed E-state index contributed by atoms with van der Waals surface area (Å²) in [6.45, 7) is 8.39. The monoisotopic (exact) mass is 243 g/mol. The lowest BCUT2D eigenvalue weighted by Crippen LogP contribution is -2.14. The molecule has 96 valence electrons. The summed E-state index contributed by atoms with van der Waals surface area (Å²) < 4.78 is 2.19. The van der Waals surface area contributed by atoms with Gasteiger partial charge in [0.05, 0.1) is 12.0 Å². The van der Waals surface area contributed by atoms with E-state index in [1.54, 1.807) is 0 Å². The minimum atomic E-state index is 0.472. The van der Waals surface area contributed by atoms with Gasteiger partial charge in [0, 0.05) is 18.4 Å². The van der Waals surface area contributed by atoms with E-state index >= 15 is 0 Å². The molecule has 1 heterocycles. The molecule has 0 saturated carbocycles. The Kier molecular flexibility index (Phi) is 4.15. The molecule has 0 atom stereocenters. The van der Waals surface area contributed by atoms with E-state index in [1.807, 2.05) is 12.5 Å². The van der Waals surface area contributed by atoms with Gasteiger partial charge in [-0.1, -0.05) is 39.0 Å². The molecule has 0 aliphatic carbocycles. The van der Waals surface area contributed by atoms with Crippen molar-refractivity contribution < 1.29 is 0 Å². The van der Waals surface area contributed by atoms with Gasteiger partial charge in [-0.05, 0) is 24.1 Å². The summed E-state index contributed by atoms with van der Waals surface area (Å²) in [7, 11) is 0. The van der Waals surface area contributed by atoms with E-state index in [-0.39, 0.29) is 0 Å². The highest BCUT2D eigenvalue weighted by Crippen LogP contribution is 2.21. The maximum absolute atomic E-state index is 4.28. The lowest BCUT2D eigenvalue weighted by atomic mass is 10.1. The van der Waals surface area contributed by atoms with Gasteiger partial charge in [0.2, 0.25) is 0 Å². The number of rotatable bonds is 5. The van der Waals surface area contributed by atoms with Gasteiger partial charge in [0.1, 0.15) is 0 Å². The lowest BCUT2D eigenvalue weighted by Gasteiger charge is -2.15. The van der Waals surface area contributed by atoms with Crippen molar-refractivity contribution in [1.82, 2.24) is 14.9 Å². The van der Waals surface area contributed by atoms with Crippen LogP contribution in [0.4, 0.5) is 0 Å². The summed E-state index contributed by atoms with van der Waals surface area (Å²) in [6.07, 6.45) is 3.86. The van der Waals surface area contributed by atoms with Crippen LogP contribution >= 0.6 is 0 Å². The van der Waals surface area contributed by atoms with Crippen molar-refractivity contribution in [2.75, 3.05) is 6.54 Å². The third kappa shape index (κ3) is 2.62. The van der Waals surface area contributed by atoms with Crippen LogP contribution in [0.25, 0.3) is 5.69 Å². The molecule has 2 aromatic rings. The van der Waals surface area contributed by atoms with Crippen LogP contribution in [0, 0.1) is 0 Å². The molecule has 0 unspecified atom stereocenters. The van der Waals surface area contributed by atoms with E-state index in [0.29, 0.717) is 5.92 Å². The number of nitrogens with zero attached hydrogens (tertiary/aromatic N) is 2. The fourth-order valence-electron chi connectivity index (χ4n) is 2.09. The minimum absolute atomic E-state index is 0.472. The van der Waals surface area contributed by atoms with Crippen LogP contribution in [0.1, 0.15) is 37.9 Å². The van der Waals surface area contributed by atoms with E-state index in [4.69, 9.17) is 0 Å². The topological polar surface area (TPSA) is 29.9 Å². The summed E-state index contributed by atoms with van der Waals surface area (Å²) in [5.41, 5.74) is 3.78. The number of benzene rings is 1. The Hall–Kier alpha value is -1.61. The van der Waals surface area contributed by atoms with E-state index in [1.165, 1.54) is 16.9 Å². The normalized spacial score (nSPS) is 11.1. The largest absolute Gasteiger partial charge is 0.313 e. The molecule has 0 bridgehead atoms. The van der Waals surface area contributed by atoms with E-state index in [2.05, 4.69) is 59.9 Å². The Balaban J connectivity index is 2.40. The predicted molar refractivity (Wildman–Crippen MR) is 75.0 cm³/mol. The molecule has 0 aliphatic heterocycles. The molecule has 0 fully saturated rings. The Bertz CT molecular complexity index is 500. The molecule has 0 spiro atoms. The maximum Gasteiger partial charge on any atom is 0.0994 e. The number of nitrogens with one attached hydrogen (secondary N) is 1. The second kappa shape index (κ2) is 5.83. The van der Waals surface area contributed by atoms with Gasteiger partial charge in [-0.25, -0.2) is 4.98 Å². The fourth-order valence-corrected chi connectivity index (χ4v) is 2.09. The van der Waals surface area contributed by atoms with Crippen LogP contribution in [0.2, 0.25) is 0 Å². The highest BCUT2D eigenvalue weighted by molar-refractivity contribution is 5.42. The molecule has 0 amide bonds. The van der Waals surface area contributed by atoms with Crippen molar-refractivity contribution in [1.29, 1.82) is 0 Å². The van der Waals surface area contributed by atoms with Gasteiger partial charge in [-0.15, -0.1) is 0 Å². The number of imidazole rings is 1. The summed E-state index contributed by atoms with van der Waals surface area (Å²) in [4.78, 5) is 4.28. The van der Waals surface area contributed by atoms with Gasteiger partial charge < -0.3 is 9.88 Å². The molecule has 0 saturated heterocycles. The highest BCUT2D eigenvalue weighted by Gasteiger charge is 2.10. The summed E-state index contributed by atoms with van der Waals surface area (Å²) in [6, 6.07) is 8.49. The molecule has 3 heteroatoms. The SMILES string of the molecule is CCNCc1ccccc1-n1cncc1C(C)C. The second-order valence-electron chi connectivity index (χ2n) is 4.75. The van der Waals surface area contributed by atoms with Crippen LogP contribution < -0.4 is 5.32 Å². The van der Waals surface area contributed by atoms with Crippen LogP contribution in [-0.4, -0.2) is 16.1 Å². The standard InChI is InChI=1S/C15H21N3/c1-4-16-9-13-7-5-6-8-14(13)18-11-17-10-15(18)12(2)3/h5-8,10-12,16H,4,9H2,1-3H3. The Morgan fingerprint density at radius 1 is 1.28 bits per heavy atom. The molecular weight excluding hydrogens is 222 g/mol. The molecule has 18 heavy (non-hydrogen) atoms. The zero-order valence-corrected chi connectivity index (χ0v) is 11.4. The summed E-state index contributed by atoms with van der Waals surface area (Å²) in [5, 5.41) is 3.38. The first kappa shape index (κ1) is 12.8. The zero-order valence-electron chi connectivity index (χ0n) is 11.4. The Morgan fingerprint density at radius 3 is 2.78 bits per heavy atom. The number of aromatic nitrogens is 2. The van der Waals surface area contributed by atoms with E-state index in [0.717, 1.165) is 13.1 Å². The van der Waals surface area contributed by atoms with Gasteiger partial charge in [-0.2, -0.15) is 0 Å². The van der Waals surface area contributed by atoms with Crippen LogP contribution in [-0.2, 0) is 6.54 Å². The van der Waals surface area contributed by atoms with E-state index < -0.39 is 0 Å². The first-order chi connectivity index (χ1) is 8.74. The van der Waals surface area contributed by atoms with Crippen molar-refractivity contribution in [2.45, 2.75) is 33.2 Å². The lowest BCUT2D eigenvalue weighted by molar-refractivity contribution is 0.716. The van der Waals surface area contributed by atoms with Gasteiger partial charge in [0.25, 0.3) is 0 Å². The first-order valence-corrected chi connectivity index (χ1v) is 6.55. The maximum atomic E-state index is 4.28. The number of hydrogen-bond acceptors (Lipinski definition) is 2. The summed E-state index contributed by atoms with van der Waals surface area (Å²) in [5.74, 6) is 0.472. The first-order valence-electron chi connectivity index (χ1n) is 6.55. The van der Waals surface area contributed by atoms with Gasteiger partial charge in [0.15, 0.2) is 0 Å². The molecule has 2 rings (SSSR count). The predicted octanol–water partition coefficient (Wildman–Crippen LogP) is 3.11. The Labute approximate surface area is 109 Å². The smallest absolute Gasteiger partial charge is 0.0994 e. The molecule has 1 aromatic carbocycles. The van der Waals surface area contributed by atoms with Crippen molar-refractivity contribution in [2.24, 2.45) is 0 Å². The fraction of sp³-hybridized carbons (Fsp3) is 0.400. The van der Waals surface area contributed by atoms with E-state index in [9.17, 15) is 0 Å². The van der Waals surface area contributed by atoms with Crippen LogP contribution in [0.15, 0.2) is 36.8 Å². The Morgan fingerprint density at radius 2 is 2.06 bits per heavy atom. The third-order valence-corrected chi connectivity index (χ3v) is 3.08. The average Bonchev–Trinajstić information content (AvgIpc) is 2.86. The highest BCUT2D eigenvalue weighted by atomic mass is 15.1. The molecule has 3 nitrogen and oxygen atoms in total. The molecule has 1 aromatic heterocycles. The van der Waals surface area contributed by atoms with Gasteiger partial charge in [-0.3, -0.25) is 0 Å². The summed E-state index contributed by atoms with van der Waals surface area (Å²) >= 11 is 0. The molecular formula is C15H21N3. The van der Waals surface area contributed by atoms with Crippen molar-refractivity contribution in [3.63, 3.8) is 0 Å². The molecule has 0 aliphatic rings. The average molecular weight is 243 g/mol. The molecule has 1 N–H and O–H groups in total. The van der Waals surface area contributed by atoms with Gasteiger partial charge >= 0.3 is 0 Å². The quantitative estimate of drug-likeness (QED) is 0.874. The van der Waals surface area contributed by atoms with Crippen molar-refractivity contribution >= 4 is 0 Å². The zero-order chi connectivity index (χ0) is 13.0. The van der Waals surface area contributed by atoms with Crippen LogP contribution in [0.3, 0.4) is 0 Å². The van der Waals surface area contributed by atoms with Crippen molar-refractivity contribution in [3.05, 3.63) is 48.0 Å². The van der Waals surface area contributed by atoms with Crippen LogP contribution in [0.5, 0.6) is 0 Å². The minimum Gasteiger partial charge on any atom is -0.313 e. The number of para-hydroxylation sites is 1. The van der Waals surface area contributed by atoms with Crippen molar-refractivity contribution in [3.8, 4) is 5.69 Å². The second-order valence-corrected chi connectivity index (χ2v) is 4.75. The molecule has 0 radical (unpaired) electrons. The number of hydrogen-bond donors (Lipinski definition) is 1. The third-order valence-electron chi connectivity index (χ3n) is 3.08.